The molecule has 5 nitrogen and oxygen atoms in total. The van der Waals surface area contributed by atoms with Gasteiger partial charge in [0, 0.05) is 0 Å². The van der Waals surface area contributed by atoms with Crippen LogP contribution in [0, 0.1) is 23.2 Å². The minimum atomic E-state index is -1.05. The zero-order valence-electron chi connectivity index (χ0n) is 7.44. The summed E-state index contributed by atoms with van der Waals surface area (Å²) in [6, 6.07) is 1.73. The molecule has 2 atom stereocenters. The maximum Gasteiger partial charge on any atom is 0.317 e. The van der Waals surface area contributed by atoms with Gasteiger partial charge in [-0.1, -0.05) is 12.2 Å². The van der Waals surface area contributed by atoms with E-state index in [1.54, 1.807) is 13.0 Å². The third-order valence-electron chi connectivity index (χ3n) is 1.82. The molecule has 1 rings (SSSR count). The lowest BCUT2D eigenvalue weighted by atomic mass is 9.97. The van der Waals surface area contributed by atoms with Crippen LogP contribution in [0.3, 0.4) is 0 Å². The van der Waals surface area contributed by atoms with Crippen LogP contribution in [0.25, 0.3) is 0 Å². The number of thiocarbonyl (C=S) groups is 1. The van der Waals surface area contributed by atoms with Crippen molar-refractivity contribution in [1.82, 2.24) is 5.32 Å². The molecular weight excluding hydrogens is 204 g/mol. The Bertz CT molecular complexity index is 334. The summed E-state index contributed by atoms with van der Waals surface area (Å²) in [5.74, 6) is -3.15. The lowest BCUT2D eigenvalue weighted by Gasteiger charge is -2.08. The lowest BCUT2D eigenvalue weighted by molar-refractivity contribution is -0.147. The average Bonchev–Trinajstić information content (AvgIpc) is 2.40. The molecule has 0 radical (unpaired) electrons. The molecule has 0 aromatic heterocycles. The van der Waals surface area contributed by atoms with E-state index >= 15 is 0 Å². The molecule has 0 saturated carbocycles. The van der Waals surface area contributed by atoms with Crippen LogP contribution in [-0.2, 0) is 14.3 Å². The van der Waals surface area contributed by atoms with Gasteiger partial charge in [0.1, 0.15) is 11.8 Å². The minimum absolute atomic E-state index is 0.0694. The molecule has 1 amide bonds. The van der Waals surface area contributed by atoms with Gasteiger partial charge < -0.3 is 10.1 Å². The quantitative estimate of drug-likeness (QED) is 0.505. The van der Waals surface area contributed by atoms with E-state index in [2.05, 4.69) is 5.32 Å². The van der Waals surface area contributed by atoms with Crippen LogP contribution in [0.4, 0.5) is 0 Å². The number of hydrogen-bond acceptors (Lipinski definition) is 5. The molecule has 74 valence electrons. The van der Waals surface area contributed by atoms with Crippen molar-refractivity contribution in [2.24, 2.45) is 11.8 Å². The van der Waals surface area contributed by atoms with E-state index in [1.807, 2.05) is 0 Å². The van der Waals surface area contributed by atoms with Crippen molar-refractivity contribution in [1.29, 1.82) is 5.26 Å². The van der Waals surface area contributed by atoms with E-state index in [9.17, 15) is 9.59 Å². The van der Waals surface area contributed by atoms with Crippen molar-refractivity contribution in [3.63, 3.8) is 0 Å². The summed E-state index contributed by atoms with van der Waals surface area (Å²) in [6.07, 6.45) is 0. The number of esters is 1. The lowest BCUT2D eigenvalue weighted by Crippen LogP contribution is -2.27. The zero-order valence-corrected chi connectivity index (χ0v) is 8.26. The predicted octanol–water partition coefficient (Wildman–Crippen LogP) is -0.237. The number of carbonyl (C=O) groups is 2. The number of nitrogens with zero attached hydrogens (tertiary/aromatic N) is 1. The second-order valence-corrected chi connectivity index (χ2v) is 3.13. The molecule has 1 aliphatic heterocycles. The first-order chi connectivity index (χ1) is 6.61. The number of nitriles is 1. The topological polar surface area (TPSA) is 79.2 Å². The summed E-state index contributed by atoms with van der Waals surface area (Å²) < 4.78 is 4.71. The first kappa shape index (κ1) is 10.6. The number of carbonyl (C=O) groups excluding carboxylic acids is 2. The molecule has 0 aromatic rings. The van der Waals surface area contributed by atoms with Gasteiger partial charge in [0.2, 0.25) is 5.91 Å². The molecule has 0 spiro atoms. The highest BCUT2D eigenvalue weighted by Gasteiger charge is 2.44. The second kappa shape index (κ2) is 4.15. The van der Waals surface area contributed by atoms with Gasteiger partial charge >= 0.3 is 5.97 Å². The van der Waals surface area contributed by atoms with Crippen LogP contribution in [-0.4, -0.2) is 23.5 Å². The fourth-order valence-corrected chi connectivity index (χ4v) is 1.52. The zero-order chi connectivity index (χ0) is 10.7. The van der Waals surface area contributed by atoms with E-state index in [0.717, 1.165) is 0 Å². The molecule has 1 saturated heterocycles. The number of rotatable bonds is 2. The summed E-state index contributed by atoms with van der Waals surface area (Å²) in [5.41, 5.74) is 0. The number of amides is 1. The number of hydrogen-bond donors (Lipinski definition) is 1. The molecule has 1 N–H and O–H groups in total. The van der Waals surface area contributed by atoms with Crippen LogP contribution in [0.2, 0.25) is 0 Å². The third-order valence-corrected chi connectivity index (χ3v) is 2.18. The number of ether oxygens (including phenoxy) is 1. The molecule has 14 heavy (non-hydrogen) atoms. The Morgan fingerprint density at radius 3 is 2.93 bits per heavy atom. The highest BCUT2D eigenvalue weighted by molar-refractivity contribution is 7.80. The Morgan fingerprint density at radius 2 is 2.43 bits per heavy atom. The van der Waals surface area contributed by atoms with Crippen LogP contribution in [0.5, 0.6) is 0 Å². The Labute approximate surface area is 86.0 Å². The molecule has 0 aromatic carbocycles. The molecule has 6 heteroatoms. The summed E-state index contributed by atoms with van der Waals surface area (Å²) >= 11 is 4.77. The van der Waals surface area contributed by atoms with E-state index < -0.39 is 23.7 Å². The molecule has 1 fully saturated rings. The van der Waals surface area contributed by atoms with E-state index in [4.69, 9.17) is 22.2 Å². The SMILES string of the molecule is CCOC(=O)[C@@H]1C(=S)NC(=O)[C@@H]1C#N. The van der Waals surface area contributed by atoms with Crippen molar-refractivity contribution in [2.45, 2.75) is 6.92 Å². The van der Waals surface area contributed by atoms with Crippen molar-refractivity contribution < 1.29 is 14.3 Å². The summed E-state index contributed by atoms with van der Waals surface area (Å²) in [7, 11) is 0. The van der Waals surface area contributed by atoms with E-state index in [1.165, 1.54) is 0 Å². The molecule has 0 bridgehead atoms. The smallest absolute Gasteiger partial charge is 0.317 e. The van der Waals surface area contributed by atoms with Crippen LogP contribution in [0.15, 0.2) is 0 Å². The van der Waals surface area contributed by atoms with Crippen molar-refractivity contribution >= 4 is 29.1 Å². The highest BCUT2D eigenvalue weighted by Crippen LogP contribution is 2.21. The van der Waals surface area contributed by atoms with Crippen molar-refractivity contribution in [3.05, 3.63) is 0 Å². The summed E-state index contributed by atoms with van der Waals surface area (Å²) in [5, 5.41) is 10.9. The standard InChI is InChI=1S/C8H8N2O3S/c1-2-13-8(12)5-4(3-9)6(11)10-7(5)14/h4-5H,2H2,1H3,(H,10,11,14)/t4-,5+/m1/s1. The van der Waals surface area contributed by atoms with E-state index in [-0.39, 0.29) is 11.6 Å². The molecule has 1 heterocycles. The maximum absolute atomic E-state index is 11.3. The van der Waals surface area contributed by atoms with Gasteiger partial charge in [-0.3, -0.25) is 9.59 Å². The number of nitrogens with one attached hydrogen (secondary N) is 1. The average molecular weight is 212 g/mol. The van der Waals surface area contributed by atoms with Crippen molar-refractivity contribution in [3.8, 4) is 6.07 Å². The predicted molar refractivity (Wildman–Crippen MR) is 50.0 cm³/mol. The summed E-state index contributed by atoms with van der Waals surface area (Å²) in [6.45, 7) is 1.84. The Morgan fingerprint density at radius 1 is 1.79 bits per heavy atom. The third kappa shape index (κ3) is 1.72. The van der Waals surface area contributed by atoms with Crippen LogP contribution in [0.1, 0.15) is 6.92 Å². The van der Waals surface area contributed by atoms with Crippen LogP contribution >= 0.6 is 12.2 Å². The fraction of sp³-hybridized carbons (Fsp3) is 0.500. The Kier molecular flexibility index (Phi) is 3.14. The first-order valence-corrected chi connectivity index (χ1v) is 4.43. The molecule has 1 aliphatic rings. The van der Waals surface area contributed by atoms with Gasteiger partial charge in [0.15, 0.2) is 0 Å². The molecule has 0 aliphatic carbocycles. The Hall–Kier alpha value is -1.48. The minimum Gasteiger partial charge on any atom is -0.465 e. The van der Waals surface area contributed by atoms with Gasteiger partial charge in [-0.2, -0.15) is 5.26 Å². The van der Waals surface area contributed by atoms with Crippen molar-refractivity contribution in [2.75, 3.05) is 6.61 Å². The first-order valence-electron chi connectivity index (χ1n) is 4.02. The monoisotopic (exact) mass is 212 g/mol. The van der Waals surface area contributed by atoms with E-state index in [0.29, 0.717) is 0 Å². The largest absolute Gasteiger partial charge is 0.465 e. The maximum atomic E-state index is 11.3. The van der Waals surface area contributed by atoms with Gasteiger partial charge in [-0.25, -0.2) is 0 Å². The van der Waals surface area contributed by atoms with Gasteiger partial charge in [-0.15, -0.1) is 0 Å². The summed E-state index contributed by atoms with van der Waals surface area (Å²) in [4.78, 5) is 22.5. The normalized spacial score (nSPS) is 25.4. The fourth-order valence-electron chi connectivity index (χ4n) is 1.19. The molecule has 0 unspecified atom stereocenters. The van der Waals surface area contributed by atoms with Gasteiger partial charge in [0.05, 0.1) is 17.7 Å². The molecular formula is C8H8N2O3S. The second-order valence-electron chi connectivity index (χ2n) is 2.69. The Balaban J connectivity index is 2.86. The van der Waals surface area contributed by atoms with Gasteiger partial charge in [-0.05, 0) is 6.92 Å². The van der Waals surface area contributed by atoms with Crippen LogP contribution < -0.4 is 5.32 Å². The highest BCUT2D eigenvalue weighted by atomic mass is 32.1. The van der Waals surface area contributed by atoms with Gasteiger partial charge in [0.25, 0.3) is 0 Å².